The van der Waals surface area contributed by atoms with Crippen LogP contribution in [0, 0.1) is 6.92 Å². The number of carbonyl (C=O) groups excluding carboxylic acids is 1. The number of imidazole rings is 1. The van der Waals surface area contributed by atoms with Crippen molar-refractivity contribution < 1.29 is 4.79 Å². The third-order valence-corrected chi connectivity index (χ3v) is 3.74. The van der Waals surface area contributed by atoms with Gasteiger partial charge < -0.3 is 9.72 Å². The summed E-state index contributed by atoms with van der Waals surface area (Å²) in [6.45, 7) is 6.25. The average Bonchev–Trinajstić information content (AvgIpc) is 2.93. The Hall–Kier alpha value is -2.62. The van der Waals surface area contributed by atoms with E-state index < -0.39 is 0 Å². The molecule has 0 saturated carbocycles. The molecule has 2 aromatic heterocycles. The first-order valence-electron chi connectivity index (χ1n) is 7.40. The summed E-state index contributed by atoms with van der Waals surface area (Å²) >= 11 is 0. The lowest BCUT2D eigenvalue weighted by atomic mass is 10.0. The van der Waals surface area contributed by atoms with E-state index in [4.69, 9.17) is 0 Å². The molecule has 0 bridgehead atoms. The second kappa shape index (κ2) is 5.64. The first-order chi connectivity index (χ1) is 10.5. The van der Waals surface area contributed by atoms with E-state index >= 15 is 0 Å². The van der Waals surface area contributed by atoms with Gasteiger partial charge in [0.25, 0.3) is 5.91 Å². The second-order valence-corrected chi connectivity index (χ2v) is 5.76. The van der Waals surface area contributed by atoms with Gasteiger partial charge in [0.05, 0.1) is 0 Å². The lowest BCUT2D eigenvalue weighted by Gasteiger charge is -2.08. The number of pyridine rings is 1. The molecular weight excluding hydrogens is 274 g/mol. The smallest absolute Gasteiger partial charge is 0.275 e. The Morgan fingerprint density at radius 2 is 1.95 bits per heavy atom. The molecule has 1 aromatic carbocycles. The molecule has 0 aliphatic rings. The standard InChI is InChI=1S/C18H19N3O/c1-12(2)14-7-5-8-15(10-14)19-18(22)16-11-21-13(3)6-4-9-17(21)20-16/h4-12H,1-3H3,(H,19,22). The van der Waals surface area contributed by atoms with E-state index in [1.807, 2.05) is 47.7 Å². The van der Waals surface area contributed by atoms with Crippen molar-refractivity contribution in [3.05, 3.63) is 65.6 Å². The van der Waals surface area contributed by atoms with Gasteiger partial charge in [0.15, 0.2) is 0 Å². The molecule has 3 rings (SSSR count). The van der Waals surface area contributed by atoms with Gasteiger partial charge in [-0.2, -0.15) is 0 Å². The zero-order valence-corrected chi connectivity index (χ0v) is 13.0. The van der Waals surface area contributed by atoms with Crippen molar-refractivity contribution in [2.45, 2.75) is 26.7 Å². The monoisotopic (exact) mass is 293 g/mol. The molecule has 0 fully saturated rings. The molecule has 1 amide bonds. The molecule has 3 aromatic rings. The number of aromatic nitrogens is 2. The van der Waals surface area contributed by atoms with Crippen LogP contribution in [0.1, 0.15) is 41.5 Å². The highest BCUT2D eigenvalue weighted by Crippen LogP contribution is 2.19. The fraction of sp³-hybridized carbons (Fsp3) is 0.222. The van der Waals surface area contributed by atoms with Gasteiger partial charge in [-0.25, -0.2) is 4.98 Å². The predicted octanol–water partition coefficient (Wildman–Crippen LogP) is 4.02. The number of hydrogen-bond donors (Lipinski definition) is 1. The molecular formula is C18H19N3O. The largest absolute Gasteiger partial charge is 0.321 e. The lowest BCUT2D eigenvalue weighted by molar-refractivity contribution is 0.102. The fourth-order valence-corrected chi connectivity index (χ4v) is 2.43. The zero-order chi connectivity index (χ0) is 15.7. The maximum Gasteiger partial charge on any atom is 0.275 e. The maximum absolute atomic E-state index is 12.4. The summed E-state index contributed by atoms with van der Waals surface area (Å²) in [6, 6.07) is 13.7. The van der Waals surface area contributed by atoms with E-state index in [2.05, 4.69) is 30.2 Å². The van der Waals surface area contributed by atoms with Gasteiger partial charge in [-0.15, -0.1) is 0 Å². The van der Waals surface area contributed by atoms with Gasteiger partial charge in [0.1, 0.15) is 11.3 Å². The summed E-state index contributed by atoms with van der Waals surface area (Å²) in [6.07, 6.45) is 1.77. The Morgan fingerprint density at radius 3 is 2.68 bits per heavy atom. The summed E-state index contributed by atoms with van der Waals surface area (Å²) < 4.78 is 1.92. The number of fused-ring (bicyclic) bond motifs is 1. The number of hydrogen-bond acceptors (Lipinski definition) is 2. The number of carbonyl (C=O) groups is 1. The average molecular weight is 293 g/mol. The van der Waals surface area contributed by atoms with Crippen LogP contribution in [-0.2, 0) is 0 Å². The topological polar surface area (TPSA) is 46.4 Å². The van der Waals surface area contributed by atoms with E-state index in [1.54, 1.807) is 6.20 Å². The quantitative estimate of drug-likeness (QED) is 0.793. The SMILES string of the molecule is Cc1cccc2nc(C(=O)Nc3cccc(C(C)C)c3)cn12. The van der Waals surface area contributed by atoms with Crippen molar-refractivity contribution in [1.29, 1.82) is 0 Å². The zero-order valence-electron chi connectivity index (χ0n) is 13.0. The molecule has 112 valence electrons. The minimum Gasteiger partial charge on any atom is -0.321 e. The number of aryl methyl sites for hydroxylation is 1. The van der Waals surface area contributed by atoms with Crippen LogP contribution in [0.5, 0.6) is 0 Å². The van der Waals surface area contributed by atoms with E-state index in [0.29, 0.717) is 11.6 Å². The molecule has 0 unspecified atom stereocenters. The molecule has 0 aliphatic heterocycles. The number of amides is 1. The molecule has 4 heteroatoms. The van der Waals surface area contributed by atoms with E-state index in [9.17, 15) is 4.79 Å². The van der Waals surface area contributed by atoms with Crippen molar-refractivity contribution >= 4 is 17.2 Å². The summed E-state index contributed by atoms with van der Waals surface area (Å²) in [4.78, 5) is 16.8. The lowest BCUT2D eigenvalue weighted by Crippen LogP contribution is -2.12. The van der Waals surface area contributed by atoms with E-state index in [1.165, 1.54) is 5.56 Å². The molecule has 4 nitrogen and oxygen atoms in total. The van der Waals surface area contributed by atoms with Gasteiger partial charge in [-0.05, 0) is 42.7 Å². The van der Waals surface area contributed by atoms with Crippen molar-refractivity contribution in [3.63, 3.8) is 0 Å². The van der Waals surface area contributed by atoms with Crippen LogP contribution in [0.3, 0.4) is 0 Å². The first-order valence-corrected chi connectivity index (χ1v) is 7.40. The molecule has 0 radical (unpaired) electrons. The number of benzene rings is 1. The molecule has 1 N–H and O–H groups in total. The molecule has 22 heavy (non-hydrogen) atoms. The van der Waals surface area contributed by atoms with Crippen LogP contribution in [0.2, 0.25) is 0 Å². The van der Waals surface area contributed by atoms with Crippen LogP contribution in [0.4, 0.5) is 5.69 Å². The molecule has 0 aliphatic carbocycles. The molecule has 0 saturated heterocycles. The van der Waals surface area contributed by atoms with E-state index in [0.717, 1.165) is 17.0 Å². The normalized spacial score (nSPS) is 11.1. The van der Waals surface area contributed by atoms with Crippen molar-refractivity contribution in [2.24, 2.45) is 0 Å². The highest BCUT2D eigenvalue weighted by atomic mass is 16.1. The van der Waals surface area contributed by atoms with Gasteiger partial charge in [-0.3, -0.25) is 4.79 Å². The number of rotatable bonds is 3. The van der Waals surface area contributed by atoms with Crippen LogP contribution in [0.15, 0.2) is 48.7 Å². The van der Waals surface area contributed by atoms with Crippen LogP contribution >= 0.6 is 0 Å². The Labute approximate surface area is 129 Å². The molecule has 0 atom stereocenters. The predicted molar refractivity (Wildman–Crippen MR) is 88.4 cm³/mol. The minimum absolute atomic E-state index is 0.191. The van der Waals surface area contributed by atoms with Crippen molar-refractivity contribution in [2.75, 3.05) is 5.32 Å². The number of anilines is 1. The summed E-state index contributed by atoms with van der Waals surface area (Å²) in [5, 5.41) is 2.92. The Bertz CT molecular complexity index is 833. The van der Waals surface area contributed by atoms with Crippen LogP contribution < -0.4 is 5.32 Å². The highest BCUT2D eigenvalue weighted by molar-refractivity contribution is 6.03. The fourth-order valence-electron chi connectivity index (χ4n) is 2.43. The summed E-state index contributed by atoms with van der Waals surface area (Å²) in [7, 11) is 0. The van der Waals surface area contributed by atoms with E-state index in [-0.39, 0.29) is 5.91 Å². The van der Waals surface area contributed by atoms with Crippen LogP contribution in [0.25, 0.3) is 5.65 Å². The van der Waals surface area contributed by atoms with Crippen molar-refractivity contribution in [1.82, 2.24) is 9.38 Å². The second-order valence-electron chi connectivity index (χ2n) is 5.76. The van der Waals surface area contributed by atoms with Gasteiger partial charge in [-0.1, -0.05) is 32.0 Å². The third-order valence-electron chi connectivity index (χ3n) is 3.74. The van der Waals surface area contributed by atoms with Crippen molar-refractivity contribution in [3.8, 4) is 0 Å². The minimum atomic E-state index is -0.191. The van der Waals surface area contributed by atoms with Crippen LogP contribution in [-0.4, -0.2) is 15.3 Å². The van der Waals surface area contributed by atoms with Gasteiger partial charge in [0, 0.05) is 17.6 Å². The Balaban J connectivity index is 1.87. The molecule has 0 spiro atoms. The van der Waals surface area contributed by atoms with Gasteiger partial charge in [0.2, 0.25) is 0 Å². The summed E-state index contributed by atoms with van der Waals surface area (Å²) in [5.41, 5.74) is 4.24. The Kier molecular flexibility index (Phi) is 3.67. The first kappa shape index (κ1) is 14.3. The maximum atomic E-state index is 12.4. The number of nitrogens with one attached hydrogen (secondary N) is 1. The highest BCUT2D eigenvalue weighted by Gasteiger charge is 2.12. The van der Waals surface area contributed by atoms with Gasteiger partial charge >= 0.3 is 0 Å². The number of nitrogens with zero attached hydrogens (tertiary/aromatic N) is 2. The summed E-state index contributed by atoms with van der Waals surface area (Å²) in [5.74, 6) is 0.235. The third kappa shape index (κ3) is 2.72. The Morgan fingerprint density at radius 1 is 1.18 bits per heavy atom. The molecule has 2 heterocycles.